The third-order valence-electron chi connectivity index (χ3n) is 4.26. The molecule has 0 radical (unpaired) electrons. The minimum atomic E-state index is -0.917. The number of aryl methyl sites for hydroxylation is 2. The molecule has 1 fully saturated rings. The second-order valence-corrected chi connectivity index (χ2v) is 7.25. The Morgan fingerprint density at radius 3 is 2.88 bits per heavy atom. The molecule has 1 aliphatic rings. The van der Waals surface area contributed by atoms with Crippen molar-refractivity contribution in [2.75, 3.05) is 13.1 Å². The number of carbonyl (C=O) groups is 2. The first-order valence-corrected chi connectivity index (χ1v) is 8.74. The van der Waals surface area contributed by atoms with Crippen molar-refractivity contribution in [3.05, 3.63) is 33.5 Å². The SMILES string of the molecule is Cc1nc(C)c(C(=O)N2CCC[C@@H](c3ccnn3CC(=O)O)C2)s1. The lowest BCUT2D eigenvalue weighted by Gasteiger charge is -2.32. The monoisotopic (exact) mass is 348 g/mol. The molecule has 7 nitrogen and oxygen atoms in total. The van der Waals surface area contributed by atoms with Crippen LogP contribution in [0.15, 0.2) is 12.3 Å². The number of thiazole rings is 1. The van der Waals surface area contributed by atoms with E-state index in [-0.39, 0.29) is 18.4 Å². The summed E-state index contributed by atoms with van der Waals surface area (Å²) in [6, 6.07) is 1.85. The van der Waals surface area contributed by atoms with Gasteiger partial charge in [0.15, 0.2) is 0 Å². The van der Waals surface area contributed by atoms with Crippen LogP contribution in [0.1, 0.15) is 44.8 Å². The summed E-state index contributed by atoms with van der Waals surface area (Å²) in [7, 11) is 0. The van der Waals surface area contributed by atoms with Crippen LogP contribution in [0, 0.1) is 13.8 Å². The first-order chi connectivity index (χ1) is 11.5. The second-order valence-electron chi connectivity index (χ2n) is 6.05. The van der Waals surface area contributed by atoms with Gasteiger partial charge in [0.2, 0.25) is 0 Å². The molecule has 1 amide bonds. The fourth-order valence-corrected chi connectivity index (χ4v) is 4.11. The lowest BCUT2D eigenvalue weighted by Crippen LogP contribution is -2.39. The number of likely N-dealkylation sites (tertiary alicyclic amines) is 1. The van der Waals surface area contributed by atoms with E-state index in [9.17, 15) is 9.59 Å². The van der Waals surface area contributed by atoms with Crippen molar-refractivity contribution >= 4 is 23.2 Å². The van der Waals surface area contributed by atoms with Crippen LogP contribution in [0.4, 0.5) is 0 Å². The summed E-state index contributed by atoms with van der Waals surface area (Å²) in [6.45, 7) is 4.91. The summed E-state index contributed by atoms with van der Waals surface area (Å²) in [5.41, 5.74) is 1.66. The number of aliphatic carboxylic acids is 1. The van der Waals surface area contributed by atoms with Crippen LogP contribution in [-0.4, -0.2) is 49.7 Å². The Hall–Kier alpha value is -2.22. The zero-order chi connectivity index (χ0) is 17.3. The van der Waals surface area contributed by atoms with Crippen LogP contribution in [0.5, 0.6) is 0 Å². The van der Waals surface area contributed by atoms with Gasteiger partial charge in [-0.1, -0.05) is 0 Å². The van der Waals surface area contributed by atoms with Crippen LogP contribution < -0.4 is 0 Å². The van der Waals surface area contributed by atoms with Crippen molar-refractivity contribution in [3.63, 3.8) is 0 Å². The smallest absolute Gasteiger partial charge is 0.325 e. The molecule has 0 unspecified atom stereocenters. The zero-order valence-corrected chi connectivity index (χ0v) is 14.5. The van der Waals surface area contributed by atoms with Gasteiger partial charge in [-0.05, 0) is 32.8 Å². The maximum atomic E-state index is 12.8. The molecule has 0 bridgehead atoms. The van der Waals surface area contributed by atoms with Crippen LogP contribution in [0.2, 0.25) is 0 Å². The molecular formula is C16H20N4O3S. The van der Waals surface area contributed by atoms with Crippen molar-refractivity contribution in [1.82, 2.24) is 19.7 Å². The minimum absolute atomic E-state index is 0.0205. The molecule has 24 heavy (non-hydrogen) atoms. The number of aromatic nitrogens is 3. The molecule has 3 rings (SSSR count). The van der Waals surface area contributed by atoms with Crippen molar-refractivity contribution in [2.24, 2.45) is 0 Å². The minimum Gasteiger partial charge on any atom is -0.480 e. The molecule has 128 valence electrons. The van der Waals surface area contributed by atoms with Gasteiger partial charge in [0.05, 0.1) is 10.7 Å². The summed E-state index contributed by atoms with van der Waals surface area (Å²) >= 11 is 1.43. The third kappa shape index (κ3) is 3.33. The van der Waals surface area contributed by atoms with Gasteiger partial charge in [-0.2, -0.15) is 5.10 Å². The molecule has 0 saturated carbocycles. The van der Waals surface area contributed by atoms with E-state index in [0.717, 1.165) is 35.8 Å². The summed E-state index contributed by atoms with van der Waals surface area (Å²) < 4.78 is 1.52. The van der Waals surface area contributed by atoms with Gasteiger partial charge < -0.3 is 10.0 Å². The highest BCUT2D eigenvalue weighted by Gasteiger charge is 2.29. The van der Waals surface area contributed by atoms with Gasteiger partial charge in [0, 0.05) is 30.9 Å². The average Bonchev–Trinajstić information content (AvgIpc) is 3.12. The van der Waals surface area contributed by atoms with Gasteiger partial charge in [0.1, 0.15) is 11.4 Å². The first kappa shape index (κ1) is 16.6. The number of hydrogen-bond donors (Lipinski definition) is 1. The Balaban J connectivity index is 1.77. The van der Waals surface area contributed by atoms with Gasteiger partial charge >= 0.3 is 5.97 Å². The molecule has 8 heteroatoms. The third-order valence-corrected chi connectivity index (χ3v) is 5.32. The molecule has 1 atom stereocenters. The zero-order valence-electron chi connectivity index (χ0n) is 13.7. The Bertz CT molecular complexity index is 767. The Morgan fingerprint density at radius 2 is 2.21 bits per heavy atom. The molecule has 1 aliphatic heterocycles. The molecule has 3 heterocycles. The standard InChI is InChI=1S/C16H20N4O3S/c1-10-15(24-11(2)18-10)16(23)19-7-3-4-12(8-19)13-5-6-17-20(13)9-14(21)22/h5-6,12H,3-4,7-9H2,1-2H3,(H,21,22)/t12-/m1/s1. The average molecular weight is 348 g/mol. The van der Waals surface area contributed by atoms with Crippen molar-refractivity contribution in [2.45, 2.75) is 39.2 Å². The van der Waals surface area contributed by atoms with E-state index in [1.807, 2.05) is 24.8 Å². The topological polar surface area (TPSA) is 88.3 Å². The van der Waals surface area contributed by atoms with Crippen LogP contribution in [0.25, 0.3) is 0 Å². The largest absolute Gasteiger partial charge is 0.480 e. The highest BCUT2D eigenvalue weighted by atomic mass is 32.1. The van der Waals surface area contributed by atoms with Crippen LogP contribution in [0.3, 0.4) is 0 Å². The van der Waals surface area contributed by atoms with Crippen molar-refractivity contribution in [3.8, 4) is 0 Å². The maximum Gasteiger partial charge on any atom is 0.325 e. The molecule has 0 aromatic carbocycles. The highest BCUT2D eigenvalue weighted by Crippen LogP contribution is 2.29. The number of nitrogens with zero attached hydrogens (tertiary/aromatic N) is 4. The fraction of sp³-hybridized carbons (Fsp3) is 0.500. The first-order valence-electron chi connectivity index (χ1n) is 7.92. The second kappa shape index (κ2) is 6.72. The van der Waals surface area contributed by atoms with Gasteiger partial charge in [-0.15, -0.1) is 11.3 Å². The van der Waals surface area contributed by atoms with E-state index in [4.69, 9.17) is 5.11 Å². The summed E-state index contributed by atoms with van der Waals surface area (Å²) in [4.78, 5) is 30.6. The number of rotatable bonds is 4. The molecule has 2 aromatic rings. The predicted octanol–water partition coefficient (Wildman–Crippen LogP) is 2.06. The summed E-state index contributed by atoms with van der Waals surface area (Å²) in [5, 5.41) is 14.0. The Kier molecular flexibility index (Phi) is 4.66. The summed E-state index contributed by atoms with van der Waals surface area (Å²) in [6.07, 6.45) is 3.44. The Labute approximate surface area is 143 Å². The lowest BCUT2D eigenvalue weighted by atomic mass is 9.94. The molecule has 0 spiro atoms. The van der Waals surface area contributed by atoms with Crippen molar-refractivity contribution < 1.29 is 14.7 Å². The summed E-state index contributed by atoms with van der Waals surface area (Å²) in [5.74, 6) is -0.787. The molecular weight excluding hydrogens is 328 g/mol. The molecule has 1 saturated heterocycles. The van der Waals surface area contributed by atoms with E-state index in [2.05, 4.69) is 10.1 Å². The van der Waals surface area contributed by atoms with E-state index in [1.54, 1.807) is 6.20 Å². The highest BCUT2D eigenvalue weighted by molar-refractivity contribution is 7.13. The van der Waals surface area contributed by atoms with Crippen LogP contribution in [-0.2, 0) is 11.3 Å². The van der Waals surface area contributed by atoms with Gasteiger partial charge in [-0.3, -0.25) is 14.3 Å². The normalized spacial score (nSPS) is 17.9. The molecule has 0 aliphatic carbocycles. The molecule has 1 N–H and O–H groups in total. The number of piperidine rings is 1. The quantitative estimate of drug-likeness (QED) is 0.914. The van der Waals surface area contributed by atoms with E-state index < -0.39 is 5.97 Å². The Morgan fingerprint density at radius 1 is 1.42 bits per heavy atom. The number of hydrogen-bond acceptors (Lipinski definition) is 5. The fourth-order valence-electron chi connectivity index (χ4n) is 3.23. The van der Waals surface area contributed by atoms with Gasteiger partial charge in [0.25, 0.3) is 5.91 Å². The lowest BCUT2D eigenvalue weighted by molar-refractivity contribution is -0.137. The molecule has 2 aromatic heterocycles. The van der Waals surface area contributed by atoms with Gasteiger partial charge in [-0.25, -0.2) is 4.98 Å². The van der Waals surface area contributed by atoms with E-state index >= 15 is 0 Å². The van der Waals surface area contributed by atoms with E-state index in [1.165, 1.54) is 16.0 Å². The number of carboxylic acids is 1. The van der Waals surface area contributed by atoms with E-state index in [0.29, 0.717) is 11.4 Å². The maximum absolute atomic E-state index is 12.8. The predicted molar refractivity (Wildman–Crippen MR) is 89.3 cm³/mol. The number of carbonyl (C=O) groups excluding carboxylic acids is 1. The van der Waals surface area contributed by atoms with Crippen molar-refractivity contribution in [1.29, 1.82) is 0 Å². The number of amides is 1. The number of carboxylic acid groups (broad SMARTS) is 1. The van der Waals surface area contributed by atoms with Crippen LogP contribution >= 0.6 is 11.3 Å².